The summed E-state index contributed by atoms with van der Waals surface area (Å²) in [5.41, 5.74) is 0.289. The van der Waals surface area contributed by atoms with E-state index in [0.29, 0.717) is 0 Å². The maximum Gasteiger partial charge on any atom is 0.258 e. The lowest BCUT2D eigenvalue weighted by molar-refractivity contribution is -0.121. The van der Waals surface area contributed by atoms with Crippen LogP contribution in [-0.4, -0.2) is 23.6 Å². The van der Waals surface area contributed by atoms with E-state index in [0.717, 1.165) is 58.4 Å². The Bertz CT molecular complexity index is 1010. The summed E-state index contributed by atoms with van der Waals surface area (Å²) < 4.78 is 28.3. The van der Waals surface area contributed by atoms with Gasteiger partial charge in [0.2, 0.25) is 0 Å². The standard InChI is InChI=1S/C20H10F2N2O4/c21-13-5-11(7-15(9-13)23-17(25)1-2-18(23)26)12-6-14(22)10-16(8-12)24-19(27)3-4-20(24)28/h1-10H. The third-order valence-electron chi connectivity index (χ3n) is 4.23. The number of benzene rings is 2. The van der Waals surface area contributed by atoms with Crippen molar-refractivity contribution in [1.29, 1.82) is 0 Å². The van der Waals surface area contributed by atoms with Gasteiger partial charge in [-0.1, -0.05) is 0 Å². The van der Waals surface area contributed by atoms with Crippen LogP contribution >= 0.6 is 0 Å². The minimum absolute atomic E-state index is 0.0178. The summed E-state index contributed by atoms with van der Waals surface area (Å²) in [6.07, 6.45) is 4.24. The van der Waals surface area contributed by atoms with E-state index in [9.17, 15) is 28.0 Å². The zero-order valence-corrected chi connectivity index (χ0v) is 14.1. The highest BCUT2D eigenvalue weighted by atomic mass is 19.1. The van der Waals surface area contributed by atoms with Gasteiger partial charge in [0, 0.05) is 24.3 Å². The van der Waals surface area contributed by atoms with Crippen LogP contribution in [0.5, 0.6) is 0 Å². The van der Waals surface area contributed by atoms with Gasteiger partial charge in [-0.3, -0.25) is 19.2 Å². The zero-order chi connectivity index (χ0) is 20.0. The van der Waals surface area contributed by atoms with Crippen molar-refractivity contribution < 1.29 is 28.0 Å². The summed E-state index contributed by atoms with van der Waals surface area (Å²) in [4.78, 5) is 48.9. The quantitative estimate of drug-likeness (QED) is 0.767. The summed E-state index contributed by atoms with van der Waals surface area (Å²) in [5, 5.41) is 0. The smallest absolute Gasteiger partial charge is 0.258 e. The number of carbonyl (C=O) groups excluding carboxylic acids is 4. The van der Waals surface area contributed by atoms with E-state index in [2.05, 4.69) is 0 Å². The molecule has 6 nitrogen and oxygen atoms in total. The molecule has 2 aromatic carbocycles. The number of imide groups is 2. The number of nitrogens with zero attached hydrogens (tertiary/aromatic N) is 2. The van der Waals surface area contributed by atoms with Crippen molar-refractivity contribution in [2.45, 2.75) is 0 Å². The van der Waals surface area contributed by atoms with Crippen LogP contribution in [0.25, 0.3) is 11.1 Å². The molecule has 28 heavy (non-hydrogen) atoms. The van der Waals surface area contributed by atoms with Gasteiger partial charge in [-0.15, -0.1) is 0 Å². The molecule has 2 aliphatic rings. The van der Waals surface area contributed by atoms with Crippen molar-refractivity contribution in [1.82, 2.24) is 0 Å². The van der Waals surface area contributed by atoms with Crippen LogP contribution in [0.3, 0.4) is 0 Å². The van der Waals surface area contributed by atoms with Crippen LogP contribution in [0, 0.1) is 11.6 Å². The highest BCUT2D eigenvalue weighted by Gasteiger charge is 2.27. The molecule has 2 aliphatic heterocycles. The van der Waals surface area contributed by atoms with E-state index < -0.39 is 35.3 Å². The van der Waals surface area contributed by atoms with Gasteiger partial charge in [-0.25, -0.2) is 18.6 Å². The highest BCUT2D eigenvalue weighted by molar-refractivity contribution is 6.29. The van der Waals surface area contributed by atoms with E-state index in [1.165, 1.54) is 12.1 Å². The Kier molecular flexibility index (Phi) is 3.96. The van der Waals surface area contributed by atoms with Crippen LogP contribution in [-0.2, 0) is 19.2 Å². The Hall–Kier alpha value is -3.94. The minimum atomic E-state index is -0.749. The maximum absolute atomic E-state index is 14.2. The predicted molar refractivity (Wildman–Crippen MR) is 95.1 cm³/mol. The lowest BCUT2D eigenvalue weighted by Crippen LogP contribution is -2.29. The summed E-state index contributed by atoms with van der Waals surface area (Å²) in [5.74, 6) is -4.00. The second-order valence-corrected chi connectivity index (χ2v) is 6.09. The fourth-order valence-corrected chi connectivity index (χ4v) is 3.05. The van der Waals surface area contributed by atoms with Gasteiger partial charge in [0.1, 0.15) is 11.6 Å². The third kappa shape index (κ3) is 2.90. The average Bonchev–Trinajstić information content (AvgIpc) is 3.15. The Morgan fingerprint density at radius 3 is 1.14 bits per heavy atom. The normalized spacial score (nSPS) is 16.1. The van der Waals surface area contributed by atoms with Crippen molar-refractivity contribution in [3.63, 3.8) is 0 Å². The molecule has 2 aromatic rings. The van der Waals surface area contributed by atoms with Crippen LogP contribution in [0.15, 0.2) is 60.7 Å². The molecule has 0 atom stereocenters. The van der Waals surface area contributed by atoms with Gasteiger partial charge in [-0.05, 0) is 47.5 Å². The van der Waals surface area contributed by atoms with Gasteiger partial charge >= 0.3 is 0 Å². The molecule has 0 saturated heterocycles. The number of anilines is 2. The molecule has 0 fully saturated rings. The minimum Gasteiger partial charge on any atom is -0.269 e. The third-order valence-corrected chi connectivity index (χ3v) is 4.23. The van der Waals surface area contributed by atoms with Gasteiger partial charge in [0.05, 0.1) is 11.4 Å². The van der Waals surface area contributed by atoms with Gasteiger partial charge in [-0.2, -0.15) is 0 Å². The fourth-order valence-electron chi connectivity index (χ4n) is 3.05. The lowest BCUT2D eigenvalue weighted by Gasteiger charge is -2.17. The number of hydrogen-bond donors (Lipinski definition) is 0. The van der Waals surface area contributed by atoms with Crippen LogP contribution < -0.4 is 9.80 Å². The van der Waals surface area contributed by atoms with E-state index in [1.807, 2.05) is 0 Å². The number of halogens is 2. The van der Waals surface area contributed by atoms with Crippen molar-refractivity contribution >= 4 is 35.0 Å². The summed E-state index contributed by atoms with van der Waals surface area (Å²) >= 11 is 0. The molecule has 2 heterocycles. The zero-order valence-electron chi connectivity index (χ0n) is 14.1. The highest BCUT2D eigenvalue weighted by Crippen LogP contribution is 2.32. The SMILES string of the molecule is O=C1C=CC(=O)N1c1cc(F)cc(-c2cc(F)cc(N3C(=O)C=CC3=O)c2)c1. The molecule has 138 valence electrons. The molecule has 0 spiro atoms. The first-order valence-electron chi connectivity index (χ1n) is 8.07. The Balaban J connectivity index is 1.80. The first-order chi connectivity index (χ1) is 13.3. The van der Waals surface area contributed by atoms with E-state index >= 15 is 0 Å². The van der Waals surface area contributed by atoms with Crippen molar-refractivity contribution in [3.05, 3.63) is 72.3 Å². The second-order valence-electron chi connectivity index (χ2n) is 6.09. The Morgan fingerprint density at radius 1 is 0.500 bits per heavy atom. The van der Waals surface area contributed by atoms with E-state index in [4.69, 9.17) is 0 Å². The number of rotatable bonds is 3. The molecule has 0 N–H and O–H groups in total. The maximum atomic E-state index is 14.2. The molecule has 0 aromatic heterocycles. The Morgan fingerprint density at radius 2 is 0.821 bits per heavy atom. The van der Waals surface area contributed by atoms with Gasteiger partial charge in [0.15, 0.2) is 0 Å². The molecule has 4 rings (SSSR count). The molecule has 4 amide bonds. The molecule has 0 radical (unpaired) electrons. The van der Waals surface area contributed by atoms with Crippen molar-refractivity contribution in [2.24, 2.45) is 0 Å². The summed E-state index contributed by atoms with van der Waals surface area (Å²) in [6.45, 7) is 0. The Labute approximate surface area is 157 Å². The van der Waals surface area contributed by atoms with Gasteiger partial charge < -0.3 is 0 Å². The first kappa shape index (κ1) is 17.5. The van der Waals surface area contributed by atoms with Crippen molar-refractivity contribution in [3.8, 4) is 11.1 Å². The predicted octanol–water partition coefficient (Wildman–Crippen LogP) is 2.49. The largest absolute Gasteiger partial charge is 0.269 e. The monoisotopic (exact) mass is 380 g/mol. The molecule has 0 unspecified atom stereocenters. The molecule has 0 aliphatic carbocycles. The summed E-state index contributed by atoms with van der Waals surface area (Å²) in [6, 6.07) is 6.87. The molecule has 8 heteroatoms. The number of carbonyl (C=O) groups is 4. The van der Waals surface area contributed by atoms with Crippen LogP contribution in [0.4, 0.5) is 20.2 Å². The second kappa shape index (κ2) is 6.34. The molecular formula is C20H10F2N2O4. The fraction of sp³-hybridized carbons (Fsp3) is 0. The topological polar surface area (TPSA) is 74.8 Å². The van der Waals surface area contributed by atoms with Crippen molar-refractivity contribution in [2.75, 3.05) is 9.80 Å². The first-order valence-corrected chi connectivity index (χ1v) is 8.07. The average molecular weight is 380 g/mol. The number of hydrogen-bond acceptors (Lipinski definition) is 4. The summed E-state index contributed by atoms with van der Waals surface area (Å²) in [7, 11) is 0. The molecule has 0 saturated carbocycles. The van der Waals surface area contributed by atoms with Gasteiger partial charge in [0.25, 0.3) is 23.6 Å². The molecular weight excluding hydrogens is 370 g/mol. The van der Waals surface area contributed by atoms with Crippen LogP contribution in [0.1, 0.15) is 0 Å². The number of amides is 4. The van der Waals surface area contributed by atoms with E-state index in [-0.39, 0.29) is 22.5 Å². The lowest BCUT2D eigenvalue weighted by atomic mass is 10.0. The molecule has 0 bridgehead atoms. The van der Waals surface area contributed by atoms with E-state index in [1.54, 1.807) is 0 Å². The van der Waals surface area contributed by atoms with Crippen LogP contribution in [0.2, 0.25) is 0 Å².